The predicted molar refractivity (Wildman–Crippen MR) is 137 cm³/mol. The van der Waals surface area contributed by atoms with Crippen LogP contribution in [0, 0.1) is 0 Å². The second-order valence-electron chi connectivity index (χ2n) is 8.73. The van der Waals surface area contributed by atoms with Gasteiger partial charge in [-0.25, -0.2) is 4.79 Å². The van der Waals surface area contributed by atoms with Gasteiger partial charge in [0.2, 0.25) is 5.91 Å². The Morgan fingerprint density at radius 2 is 1.94 bits per heavy atom. The molecule has 184 valence electrons. The Bertz CT molecular complexity index is 1020. The number of nitrogens with zero attached hydrogens (tertiary/aromatic N) is 1. The van der Waals surface area contributed by atoms with Gasteiger partial charge in [0.25, 0.3) is 0 Å². The Balaban J connectivity index is 1.71. The summed E-state index contributed by atoms with van der Waals surface area (Å²) >= 11 is 3.10. The van der Waals surface area contributed by atoms with Crippen LogP contribution in [0.1, 0.15) is 50.6 Å². The summed E-state index contributed by atoms with van der Waals surface area (Å²) in [6.07, 6.45) is -0.953. The number of thioether (sulfide) groups is 1. The molecule has 0 spiro atoms. The Morgan fingerprint density at radius 1 is 1.18 bits per heavy atom. The van der Waals surface area contributed by atoms with Crippen molar-refractivity contribution in [3.63, 3.8) is 0 Å². The van der Waals surface area contributed by atoms with E-state index in [4.69, 9.17) is 9.47 Å². The number of carbonyl (C=O) groups is 2. The lowest BCUT2D eigenvalue weighted by Crippen LogP contribution is -2.36. The molecular weight excluding hydrogens is 472 g/mol. The first-order valence-corrected chi connectivity index (χ1v) is 13.1. The normalized spacial score (nSPS) is 18.7. The first-order valence-electron chi connectivity index (χ1n) is 11.4. The molecule has 3 unspecified atom stereocenters. The average Bonchev–Trinajstić information content (AvgIpc) is 3.42. The second-order valence-corrected chi connectivity index (χ2v) is 10.8. The molecule has 1 aliphatic heterocycles. The number of amides is 1. The summed E-state index contributed by atoms with van der Waals surface area (Å²) in [4.78, 5) is 30.4. The molecule has 1 amide bonds. The molecule has 1 aliphatic rings. The van der Waals surface area contributed by atoms with Crippen LogP contribution in [-0.2, 0) is 27.3 Å². The van der Waals surface area contributed by atoms with Crippen LogP contribution in [0.4, 0.5) is 0 Å². The third-order valence-corrected chi connectivity index (χ3v) is 7.48. The quantitative estimate of drug-likeness (QED) is 0.467. The molecule has 2 aromatic rings. The number of hydrogen-bond donors (Lipinski definition) is 2. The highest BCUT2D eigenvalue weighted by molar-refractivity contribution is 8.16. The van der Waals surface area contributed by atoms with Crippen LogP contribution in [0.3, 0.4) is 0 Å². The molecule has 0 saturated heterocycles. The van der Waals surface area contributed by atoms with Crippen molar-refractivity contribution in [3.8, 4) is 5.75 Å². The smallest absolute Gasteiger partial charge is 0.333 e. The highest BCUT2D eigenvalue weighted by atomic mass is 32.2. The number of rotatable bonds is 11. The molecule has 2 N–H and O–H groups in total. The third kappa shape index (κ3) is 7.07. The largest absolute Gasteiger partial charge is 0.491 e. The Labute approximate surface area is 209 Å². The van der Waals surface area contributed by atoms with E-state index in [0.717, 1.165) is 21.0 Å². The number of aliphatic imine (C=N–C) groups is 1. The minimum absolute atomic E-state index is 0.0384. The highest BCUT2D eigenvalue weighted by Gasteiger charge is 2.33. The molecular formula is C25H32N2O5S2. The van der Waals surface area contributed by atoms with Crippen molar-refractivity contribution >= 4 is 40.0 Å². The number of aliphatic carboxylic acids is 1. The third-order valence-electron chi connectivity index (χ3n) is 5.06. The lowest BCUT2D eigenvalue weighted by molar-refractivity contribution is -0.153. The molecule has 1 aromatic heterocycles. The van der Waals surface area contributed by atoms with E-state index in [0.29, 0.717) is 5.75 Å². The van der Waals surface area contributed by atoms with Crippen LogP contribution < -0.4 is 10.1 Å². The van der Waals surface area contributed by atoms with Crippen LogP contribution in [0.5, 0.6) is 5.75 Å². The van der Waals surface area contributed by atoms with Gasteiger partial charge in [-0.15, -0.1) is 11.3 Å². The lowest BCUT2D eigenvalue weighted by atomic mass is 10.0. The molecule has 3 atom stereocenters. The summed E-state index contributed by atoms with van der Waals surface area (Å²) in [5, 5.41) is 15.2. The van der Waals surface area contributed by atoms with Crippen molar-refractivity contribution in [3.05, 3.63) is 51.7 Å². The zero-order valence-corrected chi connectivity index (χ0v) is 21.7. The first-order chi connectivity index (χ1) is 16.1. The van der Waals surface area contributed by atoms with E-state index >= 15 is 0 Å². The van der Waals surface area contributed by atoms with Crippen LogP contribution in [0.15, 0.2) is 40.7 Å². The van der Waals surface area contributed by atoms with Crippen molar-refractivity contribution in [2.24, 2.45) is 4.99 Å². The highest BCUT2D eigenvalue weighted by Crippen LogP contribution is 2.32. The summed E-state index contributed by atoms with van der Waals surface area (Å²) in [6, 6.07) is 9.43. The van der Waals surface area contributed by atoms with Crippen molar-refractivity contribution < 1.29 is 24.2 Å². The summed E-state index contributed by atoms with van der Waals surface area (Å²) < 4.78 is 11.5. The summed E-state index contributed by atoms with van der Waals surface area (Å²) in [6.45, 7) is 9.72. The first kappa shape index (κ1) is 26.2. The number of nitrogens with one attached hydrogen (secondary N) is 1. The molecule has 0 bridgehead atoms. The van der Waals surface area contributed by atoms with Gasteiger partial charge in [0, 0.05) is 18.5 Å². The van der Waals surface area contributed by atoms with E-state index in [2.05, 4.69) is 10.3 Å². The molecule has 1 aromatic carbocycles. The number of hydrogen-bond acceptors (Lipinski definition) is 7. The number of carboxylic acid groups (broad SMARTS) is 1. The van der Waals surface area contributed by atoms with Crippen molar-refractivity contribution in [1.29, 1.82) is 0 Å². The van der Waals surface area contributed by atoms with Gasteiger partial charge in [-0.2, -0.15) is 0 Å². The van der Waals surface area contributed by atoms with Crippen LogP contribution >= 0.6 is 23.1 Å². The van der Waals surface area contributed by atoms with E-state index in [-0.39, 0.29) is 42.4 Å². The average molecular weight is 505 g/mol. The minimum atomic E-state index is -1.00. The summed E-state index contributed by atoms with van der Waals surface area (Å²) in [5.74, 6) is -0.418. The predicted octanol–water partition coefficient (Wildman–Crippen LogP) is 4.52. The zero-order chi connectivity index (χ0) is 24.8. The van der Waals surface area contributed by atoms with Gasteiger partial charge in [0.15, 0.2) is 6.10 Å². The molecule has 2 heterocycles. The van der Waals surface area contributed by atoms with Crippen molar-refractivity contribution in [2.45, 2.75) is 77.2 Å². The van der Waals surface area contributed by atoms with Gasteiger partial charge >= 0.3 is 5.97 Å². The van der Waals surface area contributed by atoms with Gasteiger partial charge in [-0.05, 0) is 57.7 Å². The van der Waals surface area contributed by atoms with Gasteiger partial charge in [-0.3, -0.25) is 9.79 Å². The fraction of sp³-hybridized carbons (Fsp3) is 0.480. The second kappa shape index (κ2) is 11.9. The molecule has 0 saturated carbocycles. The van der Waals surface area contributed by atoms with Gasteiger partial charge < -0.3 is 19.9 Å². The molecule has 3 rings (SSSR count). The lowest BCUT2D eigenvalue weighted by Gasteiger charge is -2.20. The molecule has 7 nitrogen and oxygen atoms in total. The number of ether oxygens (including phenoxy) is 2. The van der Waals surface area contributed by atoms with Gasteiger partial charge in [0.05, 0.1) is 23.1 Å². The van der Waals surface area contributed by atoms with E-state index < -0.39 is 12.1 Å². The molecule has 0 fully saturated rings. The fourth-order valence-corrected chi connectivity index (χ4v) is 5.59. The maximum Gasteiger partial charge on any atom is 0.333 e. The van der Waals surface area contributed by atoms with Gasteiger partial charge in [0.1, 0.15) is 16.0 Å². The Kier molecular flexibility index (Phi) is 9.16. The van der Waals surface area contributed by atoms with E-state index in [1.165, 1.54) is 11.8 Å². The molecule has 34 heavy (non-hydrogen) atoms. The molecule has 0 aliphatic carbocycles. The number of thiophene rings is 1. The molecule has 0 radical (unpaired) electrons. The SMILES string of the molecule is CC(C)Oc1ccc(CC(OC(C)C)C(=O)O)cc1CNC(=O)C1SC(c2cccs2)=NC1C. The van der Waals surface area contributed by atoms with E-state index in [1.807, 2.05) is 70.3 Å². The molecule has 9 heteroatoms. The number of benzene rings is 1. The summed E-state index contributed by atoms with van der Waals surface area (Å²) in [5.41, 5.74) is 1.60. The monoisotopic (exact) mass is 504 g/mol. The Morgan fingerprint density at radius 3 is 2.56 bits per heavy atom. The standard InChI is InChI=1S/C25H32N2O5S2/c1-14(2)31-19-9-8-17(12-20(25(29)30)32-15(3)4)11-18(19)13-26-23(28)22-16(5)27-24(34-22)21-7-6-10-33-21/h6-11,14-16,20,22H,12-13H2,1-5H3,(H,26,28)(H,29,30). The van der Waals surface area contributed by atoms with Crippen molar-refractivity contribution in [2.75, 3.05) is 0 Å². The fourth-order valence-electron chi connectivity index (χ4n) is 3.58. The van der Waals surface area contributed by atoms with Crippen LogP contribution in [0.2, 0.25) is 0 Å². The number of carbonyl (C=O) groups excluding carboxylic acids is 1. The topological polar surface area (TPSA) is 97.2 Å². The van der Waals surface area contributed by atoms with Crippen LogP contribution in [0.25, 0.3) is 0 Å². The van der Waals surface area contributed by atoms with Crippen LogP contribution in [-0.4, -0.2) is 51.6 Å². The zero-order valence-electron chi connectivity index (χ0n) is 20.1. The van der Waals surface area contributed by atoms with Crippen molar-refractivity contribution in [1.82, 2.24) is 5.32 Å². The Hall–Kier alpha value is -2.36. The van der Waals surface area contributed by atoms with Gasteiger partial charge in [-0.1, -0.05) is 30.0 Å². The number of carboxylic acids is 1. The maximum atomic E-state index is 13.0. The van der Waals surface area contributed by atoms with E-state index in [1.54, 1.807) is 11.3 Å². The summed E-state index contributed by atoms with van der Waals surface area (Å²) in [7, 11) is 0. The van der Waals surface area contributed by atoms with E-state index in [9.17, 15) is 14.7 Å². The maximum absolute atomic E-state index is 13.0. The minimum Gasteiger partial charge on any atom is -0.491 e.